The van der Waals surface area contributed by atoms with Gasteiger partial charge in [-0.3, -0.25) is 0 Å². The molecule has 1 aromatic rings. The molecule has 4 nitrogen and oxygen atoms in total. The van der Waals surface area contributed by atoms with E-state index in [2.05, 4.69) is 6.92 Å². The van der Waals surface area contributed by atoms with Gasteiger partial charge in [0.25, 0.3) is 0 Å². The highest BCUT2D eigenvalue weighted by molar-refractivity contribution is 7.14. The minimum atomic E-state index is -0.931. The monoisotopic (exact) mass is 270 g/mol. The largest absolute Gasteiger partial charge is 0.477 e. The van der Waals surface area contributed by atoms with Gasteiger partial charge >= 0.3 is 5.97 Å². The van der Waals surface area contributed by atoms with E-state index in [0.29, 0.717) is 18.3 Å². The van der Waals surface area contributed by atoms with Crippen molar-refractivity contribution in [1.82, 2.24) is 0 Å². The lowest BCUT2D eigenvalue weighted by atomic mass is 10.3. The molecule has 0 bridgehead atoms. The van der Waals surface area contributed by atoms with Gasteiger partial charge in [-0.2, -0.15) is 0 Å². The van der Waals surface area contributed by atoms with Crippen molar-refractivity contribution in [2.45, 2.75) is 32.6 Å². The molecular weight excluding hydrogens is 252 g/mol. The number of aryl methyl sites for hydroxylation is 1. The van der Waals surface area contributed by atoms with Crippen molar-refractivity contribution < 1.29 is 19.4 Å². The van der Waals surface area contributed by atoms with Gasteiger partial charge in [-0.15, -0.1) is 11.3 Å². The van der Waals surface area contributed by atoms with Crippen LogP contribution in [0, 0.1) is 5.92 Å². The molecule has 18 heavy (non-hydrogen) atoms. The molecule has 5 heteroatoms. The number of thiophene rings is 1. The summed E-state index contributed by atoms with van der Waals surface area (Å²) in [6.45, 7) is 2.92. The van der Waals surface area contributed by atoms with Crippen LogP contribution in [0.4, 0.5) is 0 Å². The van der Waals surface area contributed by atoms with E-state index in [1.807, 2.05) is 6.07 Å². The van der Waals surface area contributed by atoms with Gasteiger partial charge in [0.15, 0.2) is 11.7 Å². The van der Waals surface area contributed by atoms with Crippen LogP contribution in [-0.2, 0) is 11.2 Å². The number of ether oxygens (including phenoxy) is 2. The maximum absolute atomic E-state index is 11.1. The van der Waals surface area contributed by atoms with Crippen LogP contribution in [0.1, 0.15) is 40.7 Å². The Morgan fingerprint density at radius 2 is 2.33 bits per heavy atom. The third-order valence-electron chi connectivity index (χ3n) is 2.79. The van der Waals surface area contributed by atoms with E-state index in [-0.39, 0.29) is 11.7 Å². The zero-order valence-corrected chi connectivity index (χ0v) is 11.3. The van der Waals surface area contributed by atoms with Gasteiger partial charge in [0.2, 0.25) is 0 Å². The second kappa shape index (κ2) is 6.20. The maximum atomic E-state index is 11.1. The zero-order chi connectivity index (χ0) is 13.0. The third kappa shape index (κ3) is 3.71. The summed E-state index contributed by atoms with van der Waals surface area (Å²) in [7, 11) is 0. The predicted octanol–water partition coefficient (Wildman–Crippen LogP) is 3.16. The van der Waals surface area contributed by atoms with Gasteiger partial charge in [-0.05, 0) is 31.2 Å². The Morgan fingerprint density at radius 1 is 1.56 bits per heavy atom. The summed E-state index contributed by atoms with van der Waals surface area (Å²) in [5, 5.41) is 9.09. The average molecular weight is 270 g/mol. The molecule has 0 aromatic carbocycles. The summed E-state index contributed by atoms with van der Waals surface area (Å²) in [6, 6.07) is 1.82. The minimum absolute atomic E-state index is 0.138. The van der Waals surface area contributed by atoms with Crippen molar-refractivity contribution >= 4 is 17.3 Å². The Labute approximate surface area is 111 Å². The van der Waals surface area contributed by atoms with Crippen molar-refractivity contribution in [3.05, 3.63) is 15.8 Å². The Hall–Kier alpha value is -1.07. The van der Waals surface area contributed by atoms with E-state index in [1.54, 1.807) is 0 Å². The van der Waals surface area contributed by atoms with Crippen LogP contribution in [0.5, 0.6) is 5.75 Å². The molecule has 1 aliphatic carbocycles. The first-order valence-corrected chi connectivity index (χ1v) is 7.09. The Morgan fingerprint density at radius 3 is 2.94 bits per heavy atom. The van der Waals surface area contributed by atoms with Crippen molar-refractivity contribution in [1.29, 1.82) is 0 Å². The van der Waals surface area contributed by atoms with Crippen LogP contribution in [-0.4, -0.2) is 24.5 Å². The summed E-state index contributed by atoms with van der Waals surface area (Å²) in [5.41, 5.74) is 0. The average Bonchev–Trinajstić information content (AvgIpc) is 3.06. The van der Waals surface area contributed by atoms with Gasteiger partial charge in [0, 0.05) is 4.88 Å². The maximum Gasteiger partial charge on any atom is 0.349 e. The van der Waals surface area contributed by atoms with E-state index in [1.165, 1.54) is 24.2 Å². The summed E-state index contributed by atoms with van der Waals surface area (Å²) in [5.74, 6) is 0.192. The highest BCUT2D eigenvalue weighted by Crippen LogP contribution is 2.31. The van der Waals surface area contributed by atoms with Gasteiger partial charge in [-0.1, -0.05) is 13.3 Å². The van der Waals surface area contributed by atoms with E-state index >= 15 is 0 Å². The second-order valence-corrected chi connectivity index (χ2v) is 5.67. The number of carboxylic acids is 1. The number of carboxylic acid groups (broad SMARTS) is 1. The molecule has 1 fully saturated rings. The number of carbonyl (C=O) groups is 1. The molecule has 1 N–H and O–H groups in total. The Kier molecular flexibility index (Phi) is 4.60. The molecule has 0 unspecified atom stereocenters. The SMILES string of the molecule is CCCc1cc(OCOCC2CC2)c(C(=O)O)s1. The molecule has 0 saturated heterocycles. The first kappa shape index (κ1) is 13.4. The van der Waals surface area contributed by atoms with E-state index in [0.717, 1.165) is 17.7 Å². The van der Waals surface area contributed by atoms with Crippen molar-refractivity contribution in [3.8, 4) is 5.75 Å². The van der Waals surface area contributed by atoms with Gasteiger partial charge in [-0.25, -0.2) is 4.79 Å². The fourth-order valence-electron chi connectivity index (χ4n) is 1.65. The first-order valence-electron chi connectivity index (χ1n) is 6.27. The fourth-order valence-corrected chi connectivity index (χ4v) is 2.69. The lowest BCUT2D eigenvalue weighted by molar-refractivity contribution is 0.00951. The smallest absolute Gasteiger partial charge is 0.349 e. The minimum Gasteiger partial charge on any atom is -0.477 e. The van der Waals surface area contributed by atoms with Crippen molar-refractivity contribution in [2.24, 2.45) is 5.92 Å². The molecule has 0 aliphatic heterocycles. The molecule has 100 valence electrons. The van der Waals surface area contributed by atoms with Crippen LogP contribution in [0.25, 0.3) is 0 Å². The Balaban J connectivity index is 1.89. The molecule has 1 aromatic heterocycles. The van der Waals surface area contributed by atoms with Gasteiger partial charge < -0.3 is 14.6 Å². The number of hydrogen-bond donors (Lipinski definition) is 1. The highest BCUT2D eigenvalue weighted by Gasteiger charge is 2.21. The molecule has 2 rings (SSSR count). The van der Waals surface area contributed by atoms with Crippen LogP contribution in [0.15, 0.2) is 6.07 Å². The van der Waals surface area contributed by atoms with E-state index in [4.69, 9.17) is 14.6 Å². The molecule has 0 atom stereocenters. The summed E-state index contributed by atoms with van der Waals surface area (Å²) >= 11 is 1.29. The Bertz CT molecular complexity index is 409. The van der Waals surface area contributed by atoms with E-state index < -0.39 is 5.97 Å². The quantitative estimate of drug-likeness (QED) is 0.582. The molecule has 1 saturated carbocycles. The molecule has 0 amide bonds. The van der Waals surface area contributed by atoms with Crippen molar-refractivity contribution in [3.63, 3.8) is 0 Å². The predicted molar refractivity (Wildman–Crippen MR) is 69.4 cm³/mol. The molecule has 1 heterocycles. The third-order valence-corrected chi connectivity index (χ3v) is 3.95. The topological polar surface area (TPSA) is 55.8 Å². The second-order valence-electron chi connectivity index (χ2n) is 4.54. The first-order chi connectivity index (χ1) is 8.70. The lowest BCUT2D eigenvalue weighted by Crippen LogP contribution is -2.06. The fraction of sp³-hybridized carbons (Fsp3) is 0.615. The number of aromatic carboxylic acids is 1. The lowest BCUT2D eigenvalue weighted by Gasteiger charge is -2.05. The number of hydrogen-bond acceptors (Lipinski definition) is 4. The zero-order valence-electron chi connectivity index (χ0n) is 10.5. The van der Waals surface area contributed by atoms with Crippen LogP contribution in [0.2, 0.25) is 0 Å². The van der Waals surface area contributed by atoms with Crippen LogP contribution < -0.4 is 4.74 Å². The number of rotatable bonds is 8. The highest BCUT2D eigenvalue weighted by atomic mass is 32.1. The van der Waals surface area contributed by atoms with Gasteiger partial charge in [0.05, 0.1) is 6.61 Å². The summed E-state index contributed by atoms with van der Waals surface area (Å²) in [4.78, 5) is 12.4. The summed E-state index contributed by atoms with van der Waals surface area (Å²) in [6.07, 6.45) is 4.35. The molecule has 1 aliphatic rings. The normalized spacial score (nSPS) is 14.7. The van der Waals surface area contributed by atoms with Crippen LogP contribution >= 0.6 is 11.3 Å². The molecular formula is C13H18O4S. The van der Waals surface area contributed by atoms with Crippen molar-refractivity contribution in [2.75, 3.05) is 13.4 Å². The summed E-state index contributed by atoms with van der Waals surface area (Å²) < 4.78 is 10.8. The van der Waals surface area contributed by atoms with E-state index in [9.17, 15) is 4.79 Å². The van der Waals surface area contributed by atoms with Crippen LogP contribution in [0.3, 0.4) is 0 Å². The van der Waals surface area contributed by atoms with Gasteiger partial charge in [0.1, 0.15) is 5.75 Å². The molecule has 0 radical (unpaired) electrons. The standard InChI is InChI=1S/C13H18O4S/c1-2-3-10-6-11(12(18-10)13(14)15)17-8-16-7-9-4-5-9/h6,9H,2-5,7-8H2,1H3,(H,14,15). The molecule has 0 spiro atoms.